The van der Waals surface area contributed by atoms with E-state index in [0.717, 1.165) is 44.7 Å². The van der Waals surface area contributed by atoms with E-state index in [1.807, 2.05) is 21.7 Å². The average Bonchev–Trinajstić information content (AvgIpc) is 3.35. The van der Waals surface area contributed by atoms with Crippen molar-refractivity contribution >= 4 is 5.91 Å². The summed E-state index contributed by atoms with van der Waals surface area (Å²) >= 11 is 0. The molecule has 7 heteroatoms. The van der Waals surface area contributed by atoms with Crippen molar-refractivity contribution in [2.75, 3.05) is 26.2 Å². The van der Waals surface area contributed by atoms with Gasteiger partial charge in [0.1, 0.15) is 5.69 Å². The Hall–Kier alpha value is -2.15. The van der Waals surface area contributed by atoms with Crippen LogP contribution in [0.3, 0.4) is 0 Å². The van der Waals surface area contributed by atoms with Crippen LogP contribution < -0.4 is 0 Å². The van der Waals surface area contributed by atoms with Crippen molar-refractivity contribution in [2.45, 2.75) is 45.2 Å². The van der Waals surface area contributed by atoms with E-state index in [1.54, 1.807) is 6.20 Å². The van der Waals surface area contributed by atoms with Gasteiger partial charge in [-0.05, 0) is 56.8 Å². The van der Waals surface area contributed by atoms with Crippen LogP contribution in [0.25, 0.3) is 0 Å². The van der Waals surface area contributed by atoms with Crippen LogP contribution in [0.1, 0.15) is 48.3 Å². The van der Waals surface area contributed by atoms with Crippen LogP contribution in [-0.4, -0.2) is 61.9 Å². The summed E-state index contributed by atoms with van der Waals surface area (Å²) in [7, 11) is 0. The number of carbonyl (C=O) groups is 1. The second-order valence-electron chi connectivity index (χ2n) is 7.61. The lowest BCUT2D eigenvalue weighted by atomic mass is 9.98. The highest BCUT2D eigenvalue weighted by Crippen LogP contribution is 2.20. The number of rotatable bonds is 5. The number of carbonyl (C=O) groups excluding carboxylic acids is 1. The monoisotopic (exact) mass is 356 g/mol. The van der Waals surface area contributed by atoms with Gasteiger partial charge in [-0.1, -0.05) is 11.6 Å². The van der Waals surface area contributed by atoms with Gasteiger partial charge in [0.2, 0.25) is 0 Å². The maximum atomic E-state index is 12.5. The maximum absolute atomic E-state index is 12.5. The highest BCUT2D eigenvalue weighted by Gasteiger charge is 2.25. The number of hydrogen-bond acceptors (Lipinski definition) is 4. The van der Waals surface area contributed by atoms with E-state index in [-0.39, 0.29) is 5.91 Å². The number of likely N-dealkylation sites (tertiary alicyclic amines) is 2. The van der Waals surface area contributed by atoms with Gasteiger partial charge in [-0.25, -0.2) is 0 Å². The van der Waals surface area contributed by atoms with Crippen LogP contribution in [0.15, 0.2) is 24.5 Å². The number of nitrogens with zero attached hydrogens (tertiary/aromatic N) is 5. The fourth-order valence-corrected chi connectivity index (χ4v) is 4.14. The van der Waals surface area contributed by atoms with Crippen LogP contribution in [0.4, 0.5) is 0 Å². The minimum atomic E-state index is 0.101. The normalized spacial score (nSPS) is 21.8. The molecule has 4 heterocycles. The molecule has 7 nitrogen and oxygen atoms in total. The van der Waals surface area contributed by atoms with Crippen molar-refractivity contribution < 1.29 is 4.79 Å². The van der Waals surface area contributed by atoms with Crippen LogP contribution in [-0.2, 0) is 13.1 Å². The molecule has 26 heavy (non-hydrogen) atoms. The Morgan fingerprint density at radius 1 is 1.19 bits per heavy atom. The van der Waals surface area contributed by atoms with Crippen LogP contribution in [0.5, 0.6) is 0 Å². The molecule has 0 aromatic carbocycles. The Morgan fingerprint density at radius 2 is 2.08 bits per heavy atom. The molecular weight excluding hydrogens is 328 g/mol. The molecule has 1 atom stereocenters. The zero-order valence-electron chi connectivity index (χ0n) is 15.3. The summed E-state index contributed by atoms with van der Waals surface area (Å²) in [4.78, 5) is 20.0. The molecule has 2 aromatic rings. The van der Waals surface area contributed by atoms with Crippen LogP contribution in [0.2, 0.25) is 0 Å². The van der Waals surface area contributed by atoms with Gasteiger partial charge in [-0.2, -0.15) is 0 Å². The van der Waals surface area contributed by atoms with E-state index in [2.05, 4.69) is 26.4 Å². The van der Waals surface area contributed by atoms with E-state index in [1.165, 1.54) is 32.4 Å². The number of nitrogens with one attached hydrogen (secondary N) is 1. The predicted octanol–water partition coefficient (Wildman–Crippen LogP) is 2.14. The first kappa shape index (κ1) is 17.3. The smallest absolute Gasteiger partial charge is 0.270 e. The summed E-state index contributed by atoms with van der Waals surface area (Å²) in [5.74, 6) is 0.538. The fraction of sp³-hybridized carbons (Fsp3) is 0.632. The molecule has 0 spiro atoms. The van der Waals surface area contributed by atoms with Crippen molar-refractivity contribution in [3.05, 3.63) is 35.9 Å². The number of hydrogen-bond donors (Lipinski definition) is 1. The van der Waals surface area contributed by atoms with E-state index in [4.69, 9.17) is 0 Å². The minimum absolute atomic E-state index is 0.101. The highest BCUT2D eigenvalue weighted by molar-refractivity contribution is 5.92. The third-order valence-corrected chi connectivity index (χ3v) is 5.50. The summed E-state index contributed by atoms with van der Waals surface area (Å²) in [6.07, 6.45) is 10.0. The first-order valence-electron chi connectivity index (χ1n) is 9.82. The molecule has 4 rings (SSSR count). The summed E-state index contributed by atoms with van der Waals surface area (Å²) in [6, 6.07) is 3.71. The number of aromatic nitrogens is 4. The van der Waals surface area contributed by atoms with Crippen molar-refractivity contribution in [1.29, 1.82) is 0 Å². The molecule has 1 amide bonds. The third kappa shape index (κ3) is 4.15. The van der Waals surface area contributed by atoms with Gasteiger partial charge in [0.25, 0.3) is 5.91 Å². The van der Waals surface area contributed by atoms with E-state index >= 15 is 0 Å². The number of amides is 1. The largest absolute Gasteiger partial charge is 0.357 e. The molecule has 2 aliphatic heterocycles. The zero-order valence-corrected chi connectivity index (χ0v) is 15.3. The second-order valence-corrected chi connectivity index (χ2v) is 7.61. The van der Waals surface area contributed by atoms with Crippen molar-refractivity contribution in [2.24, 2.45) is 5.92 Å². The summed E-state index contributed by atoms with van der Waals surface area (Å²) in [6.45, 7) is 5.71. The van der Waals surface area contributed by atoms with Gasteiger partial charge in [0.15, 0.2) is 0 Å². The average molecular weight is 356 g/mol. The second kappa shape index (κ2) is 8.03. The minimum Gasteiger partial charge on any atom is -0.357 e. The molecule has 0 aliphatic carbocycles. The number of aromatic amines is 1. The van der Waals surface area contributed by atoms with Crippen LogP contribution >= 0.6 is 0 Å². The Kier molecular flexibility index (Phi) is 5.34. The van der Waals surface area contributed by atoms with Gasteiger partial charge in [-0.3, -0.25) is 14.4 Å². The van der Waals surface area contributed by atoms with E-state index < -0.39 is 0 Å². The topological polar surface area (TPSA) is 70.1 Å². The first-order chi connectivity index (χ1) is 12.8. The quantitative estimate of drug-likeness (QED) is 0.891. The number of piperidine rings is 2. The molecule has 2 aromatic heterocycles. The fourth-order valence-electron chi connectivity index (χ4n) is 4.14. The molecule has 140 valence electrons. The summed E-state index contributed by atoms with van der Waals surface area (Å²) < 4.78 is 1.96. The van der Waals surface area contributed by atoms with Crippen molar-refractivity contribution in [1.82, 2.24) is 29.8 Å². The van der Waals surface area contributed by atoms with Gasteiger partial charge in [-0.15, -0.1) is 5.10 Å². The lowest BCUT2D eigenvalue weighted by Gasteiger charge is -2.32. The standard InChI is InChI=1S/C19H28N6O/c26-19(18-7-4-8-20-18)24-11-5-6-16(12-24)13-25-15-17(21-22-25)14-23-9-2-1-3-10-23/h4,7-8,15-16,20H,1-3,5-6,9-14H2/t16-/m0/s1. The highest BCUT2D eigenvalue weighted by atomic mass is 16.2. The molecule has 0 radical (unpaired) electrons. The molecule has 0 saturated carbocycles. The number of H-pyrrole nitrogens is 1. The first-order valence-corrected chi connectivity index (χ1v) is 9.82. The molecule has 0 unspecified atom stereocenters. The van der Waals surface area contributed by atoms with E-state index in [0.29, 0.717) is 11.6 Å². The Balaban J connectivity index is 1.31. The Morgan fingerprint density at radius 3 is 2.88 bits per heavy atom. The Bertz CT molecular complexity index is 703. The molecule has 2 aliphatic rings. The Labute approximate surface area is 154 Å². The molecule has 0 bridgehead atoms. The van der Waals surface area contributed by atoms with Crippen LogP contribution in [0, 0.1) is 5.92 Å². The van der Waals surface area contributed by atoms with Gasteiger partial charge in [0.05, 0.1) is 5.69 Å². The summed E-state index contributed by atoms with van der Waals surface area (Å²) in [5.41, 5.74) is 1.73. The predicted molar refractivity (Wildman–Crippen MR) is 98.6 cm³/mol. The van der Waals surface area contributed by atoms with E-state index in [9.17, 15) is 4.79 Å². The van der Waals surface area contributed by atoms with Gasteiger partial charge in [0, 0.05) is 38.6 Å². The molecule has 1 N–H and O–H groups in total. The SMILES string of the molecule is O=C(c1ccc[nH]1)N1CCC[C@H](Cn2cc(CN3CCCCC3)nn2)C1. The lowest BCUT2D eigenvalue weighted by molar-refractivity contribution is 0.0654. The molecule has 2 saturated heterocycles. The maximum Gasteiger partial charge on any atom is 0.270 e. The van der Waals surface area contributed by atoms with Gasteiger partial charge >= 0.3 is 0 Å². The van der Waals surface area contributed by atoms with Gasteiger partial charge < -0.3 is 9.88 Å². The van der Waals surface area contributed by atoms with Crippen molar-refractivity contribution in [3.63, 3.8) is 0 Å². The lowest BCUT2D eigenvalue weighted by Crippen LogP contribution is -2.41. The molecule has 2 fully saturated rings. The summed E-state index contributed by atoms with van der Waals surface area (Å²) in [5, 5.41) is 8.68. The third-order valence-electron chi connectivity index (χ3n) is 5.50. The van der Waals surface area contributed by atoms with Crippen molar-refractivity contribution in [3.8, 4) is 0 Å². The molecular formula is C19H28N6O. The zero-order chi connectivity index (χ0) is 17.8.